The Morgan fingerprint density at radius 1 is 1.38 bits per heavy atom. The van der Waals surface area contributed by atoms with Gasteiger partial charge in [0.1, 0.15) is 0 Å². The molecule has 0 radical (unpaired) electrons. The van der Waals surface area contributed by atoms with Crippen LogP contribution in [0.15, 0.2) is 0 Å². The third-order valence-electron chi connectivity index (χ3n) is 0.308. The van der Waals surface area contributed by atoms with Crippen LogP contribution in [0.1, 0.15) is 8.35 Å². The Bertz CT molecular complexity index is 112. The van der Waals surface area contributed by atoms with Crippen LogP contribution in [0.25, 0.3) is 0 Å². The summed E-state index contributed by atoms with van der Waals surface area (Å²) < 4.78 is 32.8. The van der Waals surface area contributed by atoms with Gasteiger partial charge in [0.05, 0.1) is 0 Å². The van der Waals surface area contributed by atoms with E-state index in [1.54, 1.807) is 5.92 Å². The molecule has 0 fully saturated rings. The average molecular weight is 147 g/mol. The molecule has 0 saturated carbocycles. The van der Waals surface area contributed by atoms with E-state index in [2.05, 4.69) is 0 Å². The molecule has 0 N–H and O–H groups in total. The van der Waals surface area contributed by atoms with Gasteiger partial charge in [-0.15, -0.1) is 5.92 Å². The molecule has 0 unspecified atom stereocenters. The van der Waals surface area contributed by atoms with Gasteiger partial charge in [0, 0.05) is 0 Å². The zero-order chi connectivity index (χ0) is 5.91. The summed E-state index contributed by atoms with van der Waals surface area (Å²) >= 11 is 0. The topological polar surface area (TPSA) is 0 Å². The minimum atomic E-state index is -4.85. The van der Waals surface area contributed by atoms with Crippen molar-refractivity contribution in [2.75, 3.05) is 0 Å². The van der Waals surface area contributed by atoms with Gasteiger partial charge in [0.2, 0.25) is 0 Å². The van der Waals surface area contributed by atoms with Crippen molar-refractivity contribution in [3.63, 3.8) is 0 Å². The van der Waals surface area contributed by atoms with Crippen LogP contribution < -0.4 is 51.4 Å². The van der Waals surface area contributed by atoms with Crippen LogP contribution in [-0.4, -0.2) is 6.98 Å². The molecule has 0 bridgehead atoms. The van der Waals surface area contributed by atoms with Gasteiger partial charge < -0.3 is 14.4 Å². The number of halogens is 3. The van der Waals surface area contributed by atoms with E-state index in [0.29, 0.717) is 0 Å². The molecule has 5 heteroatoms. The van der Waals surface area contributed by atoms with Crippen molar-refractivity contribution in [3.8, 4) is 11.7 Å². The fraction of sp³-hybridized carbons (Fsp3) is 0.333. The van der Waals surface area contributed by atoms with Crippen LogP contribution >= 0.6 is 0 Å². The van der Waals surface area contributed by atoms with E-state index in [-0.39, 0.29) is 52.8 Å². The quantitative estimate of drug-likeness (QED) is 0.289. The Labute approximate surface area is 90.2 Å². The molecule has 0 heterocycles. The predicted octanol–water partition coefficient (Wildman–Crippen LogP) is -1.49. The average Bonchev–Trinajstić information content (AvgIpc) is 1.30. The zero-order valence-electron chi connectivity index (χ0n) is 5.71. The van der Waals surface area contributed by atoms with Crippen LogP contribution in [0.2, 0.25) is 0 Å². The molecule has 0 aliphatic heterocycles. The van der Waals surface area contributed by atoms with Gasteiger partial charge in [-0.3, -0.25) is 0 Å². The SMILES string of the molecule is CC#C[B-](F)(F)F.[H-].[K+]. The molecule has 0 aliphatic carbocycles. The second-order valence-corrected chi connectivity index (χ2v) is 0.969. The Hall–Kier alpha value is 1.05. The molecule has 0 aliphatic rings. The maximum absolute atomic E-state index is 10.9. The first kappa shape index (κ1) is 11.8. The summed E-state index contributed by atoms with van der Waals surface area (Å²) in [7, 11) is 0. The van der Waals surface area contributed by atoms with Gasteiger partial charge in [0.15, 0.2) is 0 Å². The molecule has 0 aromatic heterocycles. The maximum atomic E-state index is 10.9. The summed E-state index contributed by atoms with van der Waals surface area (Å²) in [6, 6.07) is 0. The Morgan fingerprint density at radius 3 is 1.75 bits per heavy atom. The second-order valence-electron chi connectivity index (χ2n) is 0.969. The maximum Gasteiger partial charge on any atom is 1.00 e. The van der Waals surface area contributed by atoms with Crippen LogP contribution in [-0.2, 0) is 0 Å². The van der Waals surface area contributed by atoms with Gasteiger partial charge in [-0.1, -0.05) is 0 Å². The molecule has 8 heavy (non-hydrogen) atoms. The van der Waals surface area contributed by atoms with Crippen molar-refractivity contribution < 1.29 is 65.8 Å². The summed E-state index contributed by atoms with van der Waals surface area (Å²) in [6.07, 6.45) is 0. The van der Waals surface area contributed by atoms with E-state index in [1.165, 1.54) is 0 Å². The molecule has 0 rings (SSSR count). The molecule has 0 atom stereocenters. The molecule has 0 spiro atoms. The van der Waals surface area contributed by atoms with Crippen molar-refractivity contribution in [2.24, 2.45) is 0 Å². The van der Waals surface area contributed by atoms with E-state index in [9.17, 15) is 12.9 Å². The summed E-state index contributed by atoms with van der Waals surface area (Å²) in [5.74, 6) is 2.86. The van der Waals surface area contributed by atoms with Gasteiger partial charge in [-0.05, 0) is 6.92 Å². The molecule has 42 valence electrons. The normalized spacial score (nSPS) is 8.50. The van der Waals surface area contributed by atoms with Crippen molar-refractivity contribution in [2.45, 2.75) is 6.92 Å². The molecule has 0 aromatic rings. The Balaban J connectivity index is -0.000000180. The number of rotatable bonds is 0. The largest absolute Gasteiger partial charge is 1.00 e. The fourth-order valence-electron chi connectivity index (χ4n) is 0.164. The van der Waals surface area contributed by atoms with Crippen LogP contribution in [0.4, 0.5) is 12.9 Å². The minimum absolute atomic E-state index is 0. The van der Waals surface area contributed by atoms with Crippen molar-refractivity contribution in [1.82, 2.24) is 0 Å². The van der Waals surface area contributed by atoms with Crippen molar-refractivity contribution in [1.29, 1.82) is 0 Å². The molecule has 0 amide bonds. The van der Waals surface area contributed by atoms with E-state index in [1.807, 2.05) is 0 Å². The number of hydrogen-bond acceptors (Lipinski definition) is 0. The Kier molecular flexibility index (Phi) is 7.21. The van der Waals surface area contributed by atoms with Gasteiger partial charge in [0.25, 0.3) is 0 Å². The summed E-state index contributed by atoms with van der Waals surface area (Å²) in [4.78, 5) is 0. The minimum Gasteiger partial charge on any atom is -1.00 e. The summed E-state index contributed by atoms with van der Waals surface area (Å²) in [5.41, 5.74) is 0. The predicted molar refractivity (Wildman–Crippen MR) is 23.6 cm³/mol. The molecule has 0 aromatic carbocycles. The second kappa shape index (κ2) is 4.89. The fourth-order valence-corrected chi connectivity index (χ4v) is 0.164. The summed E-state index contributed by atoms with van der Waals surface area (Å²) in [6.45, 7) is -3.69. The van der Waals surface area contributed by atoms with E-state index < -0.39 is 6.98 Å². The molecule has 0 saturated heterocycles. The van der Waals surface area contributed by atoms with E-state index in [0.717, 1.165) is 12.7 Å². The van der Waals surface area contributed by atoms with Crippen LogP contribution in [0, 0.1) is 11.7 Å². The van der Waals surface area contributed by atoms with Crippen molar-refractivity contribution >= 4 is 6.98 Å². The standard InChI is InChI=1S/C3H3BF3.K.H/c1-2-3-4(5,6)7;;/h1H3;;/q-1;+1;-1. The molecular weight excluding hydrogens is 143 g/mol. The van der Waals surface area contributed by atoms with E-state index >= 15 is 0 Å². The van der Waals surface area contributed by atoms with E-state index in [4.69, 9.17) is 0 Å². The Morgan fingerprint density at radius 2 is 1.75 bits per heavy atom. The van der Waals surface area contributed by atoms with Gasteiger partial charge in [-0.2, -0.15) is 0 Å². The first-order valence-electron chi connectivity index (χ1n) is 1.69. The van der Waals surface area contributed by atoms with Crippen LogP contribution in [0.3, 0.4) is 0 Å². The molecular formula is C3H4BF3K-. The number of hydrogen-bond donors (Lipinski definition) is 0. The molecule has 0 nitrogen and oxygen atoms in total. The third kappa shape index (κ3) is 10.1. The zero-order valence-corrected chi connectivity index (χ0v) is 7.83. The van der Waals surface area contributed by atoms with Gasteiger partial charge >= 0.3 is 58.4 Å². The third-order valence-corrected chi connectivity index (χ3v) is 0.308. The first-order valence-corrected chi connectivity index (χ1v) is 1.69. The first-order chi connectivity index (χ1) is 3.06. The van der Waals surface area contributed by atoms with Crippen molar-refractivity contribution in [3.05, 3.63) is 0 Å². The summed E-state index contributed by atoms with van der Waals surface area (Å²) in [5, 5.41) is 0. The van der Waals surface area contributed by atoms with Gasteiger partial charge in [-0.25, -0.2) is 5.82 Å². The smallest absolute Gasteiger partial charge is 1.00 e. The monoisotopic (exact) mass is 147 g/mol. The van der Waals surface area contributed by atoms with Crippen LogP contribution in [0.5, 0.6) is 0 Å².